The lowest BCUT2D eigenvalue weighted by molar-refractivity contribution is -0.166. The quantitative estimate of drug-likeness (QED) is 0.0261. The van der Waals surface area contributed by atoms with Crippen molar-refractivity contribution in [3.8, 4) is 0 Å². The first kappa shape index (κ1) is 78.5. The molecule has 0 aromatic rings. The van der Waals surface area contributed by atoms with Gasteiger partial charge in [-0.15, -0.1) is 0 Å². The van der Waals surface area contributed by atoms with Gasteiger partial charge < -0.3 is 14.2 Å². The summed E-state index contributed by atoms with van der Waals surface area (Å²) in [4.78, 5) is 38.4. The summed E-state index contributed by atoms with van der Waals surface area (Å²) in [5.74, 6) is -0.987. The topological polar surface area (TPSA) is 78.9 Å². The number of esters is 3. The first-order chi connectivity index (χ1) is 41.0. The molecular weight excluding hydrogens is 1020 g/mol. The molecule has 6 nitrogen and oxygen atoms in total. The Balaban J connectivity index is 4.33. The van der Waals surface area contributed by atoms with Gasteiger partial charge in [-0.3, -0.25) is 14.4 Å². The highest BCUT2D eigenvalue weighted by atomic mass is 16.6. The van der Waals surface area contributed by atoms with Crippen LogP contribution in [0, 0.1) is 0 Å². The second kappa shape index (κ2) is 70.0. The lowest BCUT2D eigenvalue weighted by Crippen LogP contribution is -2.30. The minimum atomic E-state index is -0.815. The Bertz CT molecular complexity index is 1750. The average molecular weight is 1150 g/mol. The summed E-state index contributed by atoms with van der Waals surface area (Å²) in [6, 6.07) is 0. The predicted molar refractivity (Wildman–Crippen MR) is 362 cm³/mol. The van der Waals surface area contributed by atoms with E-state index in [1.165, 1.54) is 167 Å². The molecule has 0 fully saturated rings. The fraction of sp³-hybridized carbons (Fsp3) is 0.675. The summed E-state index contributed by atoms with van der Waals surface area (Å²) in [6.07, 6.45) is 99.2. The van der Waals surface area contributed by atoms with Gasteiger partial charge in [0.25, 0.3) is 0 Å². The predicted octanol–water partition coefficient (Wildman–Crippen LogP) is 24.1. The van der Waals surface area contributed by atoms with Crippen molar-refractivity contribution in [2.45, 2.75) is 322 Å². The zero-order chi connectivity index (χ0) is 59.9. The third-order valence-electron chi connectivity index (χ3n) is 14.6. The zero-order valence-corrected chi connectivity index (χ0v) is 54.2. The van der Waals surface area contributed by atoms with Crippen molar-refractivity contribution in [1.29, 1.82) is 0 Å². The number of hydrogen-bond donors (Lipinski definition) is 0. The monoisotopic (exact) mass is 1150 g/mol. The van der Waals surface area contributed by atoms with Crippen molar-refractivity contribution in [2.24, 2.45) is 0 Å². The van der Waals surface area contributed by atoms with E-state index in [1.54, 1.807) is 0 Å². The van der Waals surface area contributed by atoms with E-state index in [9.17, 15) is 14.4 Å². The number of allylic oxidation sites excluding steroid dienone is 22. The van der Waals surface area contributed by atoms with Gasteiger partial charge in [0.05, 0.1) is 0 Å². The molecule has 0 bridgehead atoms. The molecule has 0 heterocycles. The van der Waals surface area contributed by atoms with Crippen LogP contribution in [0.25, 0.3) is 0 Å². The maximum atomic E-state index is 12.9. The van der Waals surface area contributed by atoms with Crippen LogP contribution < -0.4 is 0 Å². The van der Waals surface area contributed by atoms with Gasteiger partial charge in [0.15, 0.2) is 6.10 Å². The molecule has 0 aromatic carbocycles. The highest BCUT2D eigenvalue weighted by Crippen LogP contribution is 2.16. The van der Waals surface area contributed by atoms with Gasteiger partial charge in [-0.25, -0.2) is 0 Å². The van der Waals surface area contributed by atoms with Crippen LogP contribution in [-0.4, -0.2) is 37.2 Å². The van der Waals surface area contributed by atoms with Crippen molar-refractivity contribution in [3.63, 3.8) is 0 Å². The van der Waals surface area contributed by atoms with Gasteiger partial charge >= 0.3 is 17.9 Å². The Morgan fingerprint density at radius 1 is 0.253 bits per heavy atom. The number of rotatable bonds is 62. The SMILES string of the molecule is CC/C=C\C/C=C\C/C=C\C/C=C\CCCCCCCCCCCCCCCCC(=O)OCC(COC(=O)CC/C=C\C/C=C\C/C=C\C/C=C\CC)OC(=O)CCCCCCCCCCCC/C=C\C/C=C\C/C=C\CCCCCCC. The molecule has 0 N–H and O–H groups in total. The summed E-state index contributed by atoms with van der Waals surface area (Å²) in [5, 5.41) is 0. The van der Waals surface area contributed by atoms with Crippen molar-refractivity contribution in [1.82, 2.24) is 0 Å². The summed E-state index contributed by atoms with van der Waals surface area (Å²) >= 11 is 0. The lowest BCUT2D eigenvalue weighted by Gasteiger charge is -2.18. The molecule has 0 saturated heterocycles. The molecule has 0 rings (SSSR count). The van der Waals surface area contributed by atoms with Crippen molar-refractivity contribution in [2.75, 3.05) is 13.2 Å². The van der Waals surface area contributed by atoms with Gasteiger partial charge in [-0.05, 0) is 122 Å². The highest BCUT2D eigenvalue weighted by Gasteiger charge is 2.19. The van der Waals surface area contributed by atoms with E-state index in [0.29, 0.717) is 19.3 Å². The van der Waals surface area contributed by atoms with E-state index < -0.39 is 6.10 Å². The number of carbonyl (C=O) groups excluding carboxylic acids is 3. The second-order valence-corrected chi connectivity index (χ2v) is 22.7. The van der Waals surface area contributed by atoms with Crippen LogP contribution in [0.5, 0.6) is 0 Å². The van der Waals surface area contributed by atoms with Gasteiger partial charge in [0.1, 0.15) is 13.2 Å². The Morgan fingerprint density at radius 3 is 0.807 bits per heavy atom. The highest BCUT2D eigenvalue weighted by molar-refractivity contribution is 5.71. The fourth-order valence-electron chi connectivity index (χ4n) is 9.52. The molecular formula is C77H128O6. The normalized spacial score (nSPS) is 13.0. The number of unbranched alkanes of at least 4 members (excludes halogenated alkanes) is 29. The number of hydrogen-bond acceptors (Lipinski definition) is 6. The lowest BCUT2D eigenvalue weighted by atomic mass is 10.0. The number of ether oxygens (including phenoxy) is 3. The molecule has 83 heavy (non-hydrogen) atoms. The van der Waals surface area contributed by atoms with E-state index >= 15 is 0 Å². The molecule has 6 heteroatoms. The molecule has 0 radical (unpaired) electrons. The summed E-state index contributed by atoms with van der Waals surface area (Å²) in [6.45, 7) is 6.36. The Labute approximate surface area is 513 Å². The fourth-order valence-corrected chi connectivity index (χ4v) is 9.52. The third-order valence-corrected chi connectivity index (χ3v) is 14.6. The molecule has 0 aliphatic heterocycles. The molecule has 0 aliphatic carbocycles. The zero-order valence-electron chi connectivity index (χ0n) is 54.2. The van der Waals surface area contributed by atoms with Crippen LogP contribution in [0.3, 0.4) is 0 Å². The molecule has 1 unspecified atom stereocenters. The van der Waals surface area contributed by atoms with Crippen molar-refractivity contribution < 1.29 is 28.6 Å². The van der Waals surface area contributed by atoms with Crippen LogP contribution >= 0.6 is 0 Å². The van der Waals surface area contributed by atoms with E-state index in [1.807, 2.05) is 6.08 Å². The Kier molecular flexibility index (Phi) is 66.3. The average Bonchev–Trinajstić information content (AvgIpc) is 3.49. The molecule has 0 aromatic heterocycles. The first-order valence-corrected chi connectivity index (χ1v) is 34.7. The Hall–Kier alpha value is -4.45. The van der Waals surface area contributed by atoms with Crippen molar-refractivity contribution in [3.05, 3.63) is 134 Å². The molecule has 0 spiro atoms. The van der Waals surface area contributed by atoms with Gasteiger partial charge in [-0.1, -0.05) is 309 Å². The molecule has 472 valence electrons. The molecule has 0 amide bonds. The van der Waals surface area contributed by atoms with Crippen LogP contribution in [0.2, 0.25) is 0 Å². The van der Waals surface area contributed by atoms with Crippen LogP contribution in [0.4, 0.5) is 0 Å². The van der Waals surface area contributed by atoms with Gasteiger partial charge in [0, 0.05) is 19.3 Å². The minimum Gasteiger partial charge on any atom is -0.462 e. The van der Waals surface area contributed by atoms with Crippen LogP contribution in [-0.2, 0) is 28.6 Å². The van der Waals surface area contributed by atoms with E-state index in [2.05, 4.69) is 148 Å². The maximum absolute atomic E-state index is 12.9. The number of carbonyl (C=O) groups is 3. The van der Waals surface area contributed by atoms with E-state index in [-0.39, 0.29) is 37.5 Å². The Morgan fingerprint density at radius 2 is 0.494 bits per heavy atom. The maximum Gasteiger partial charge on any atom is 0.306 e. The van der Waals surface area contributed by atoms with Crippen LogP contribution in [0.15, 0.2) is 134 Å². The van der Waals surface area contributed by atoms with Gasteiger partial charge in [0.2, 0.25) is 0 Å². The minimum absolute atomic E-state index is 0.104. The summed E-state index contributed by atoms with van der Waals surface area (Å²) in [5.41, 5.74) is 0. The van der Waals surface area contributed by atoms with Gasteiger partial charge in [-0.2, -0.15) is 0 Å². The molecule has 0 saturated carbocycles. The van der Waals surface area contributed by atoms with Crippen molar-refractivity contribution >= 4 is 17.9 Å². The largest absolute Gasteiger partial charge is 0.462 e. The third kappa shape index (κ3) is 68.2. The molecule has 1 atom stereocenters. The van der Waals surface area contributed by atoms with E-state index in [0.717, 1.165) is 103 Å². The smallest absolute Gasteiger partial charge is 0.306 e. The first-order valence-electron chi connectivity index (χ1n) is 34.7. The standard InChI is InChI=1S/C77H128O6/c1-4-7-10-13-16-19-22-25-27-29-31-33-35-37-38-40-41-43-45-47-49-52-55-58-61-64-67-70-76(79)82-73-74(72-81-75(78)69-66-63-60-57-54-51-24-21-18-15-12-9-6-3)83-77(80)71-68-65-62-59-56-53-50-48-46-44-42-39-36-34-32-30-28-26-23-20-17-14-11-8-5-2/h7,9-10,12,16,18-19,21,23,25-27,30-33,36,39,51,54,60,63,74H,4-6,8,11,13-15,17,20,22,24,28-29,34-35,37-38,40-50,52-53,55-59,61-62,64-73H2,1-3H3/b10-7-,12-9-,19-16-,21-18-,26-23-,27-25-,32-30-,33-31-,39-36-,54-51-,63-60-. The molecule has 0 aliphatic rings. The summed E-state index contributed by atoms with van der Waals surface area (Å²) < 4.78 is 16.9. The van der Waals surface area contributed by atoms with E-state index in [4.69, 9.17) is 14.2 Å². The second-order valence-electron chi connectivity index (χ2n) is 22.7. The summed E-state index contributed by atoms with van der Waals surface area (Å²) in [7, 11) is 0. The van der Waals surface area contributed by atoms with Crippen LogP contribution in [0.1, 0.15) is 316 Å².